The molecular weight excluding hydrogens is 114 g/mol. The number of rotatable bonds is 5. The van der Waals surface area contributed by atoms with Crippen molar-refractivity contribution in [1.82, 2.24) is 4.90 Å². The topological polar surface area (TPSA) is 12.5 Å². The maximum atomic E-state index is 4.92. The fourth-order valence-corrected chi connectivity index (χ4v) is 0.741. The van der Waals surface area contributed by atoms with Crippen molar-refractivity contribution in [3.8, 4) is 0 Å². The van der Waals surface area contributed by atoms with Gasteiger partial charge in [0.25, 0.3) is 0 Å². The maximum absolute atomic E-state index is 4.92. The number of ether oxygens (including phenoxy) is 1. The van der Waals surface area contributed by atoms with Crippen LogP contribution >= 0.6 is 0 Å². The number of hydrogen-bond donors (Lipinski definition) is 0. The Morgan fingerprint density at radius 2 is 2.00 bits per heavy atom. The molecule has 0 aromatic rings. The summed E-state index contributed by atoms with van der Waals surface area (Å²) in [6.45, 7) is 5.24. The quantitative estimate of drug-likeness (QED) is 0.551. The van der Waals surface area contributed by atoms with Crippen LogP contribution in [0.2, 0.25) is 0 Å². The third-order valence-corrected chi connectivity index (χ3v) is 1.28. The minimum absolute atomic E-state index is 0.844. The van der Waals surface area contributed by atoms with E-state index in [1.807, 2.05) is 0 Å². The first kappa shape index (κ1) is 8.92. The third-order valence-electron chi connectivity index (χ3n) is 1.28. The summed E-state index contributed by atoms with van der Waals surface area (Å²) in [5.41, 5.74) is 0. The van der Waals surface area contributed by atoms with Gasteiger partial charge in [0.2, 0.25) is 0 Å². The molecule has 56 valence electrons. The predicted octanol–water partition coefficient (Wildman–Crippen LogP) is 0.975. The van der Waals surface area contributed by atoms with Gasteiger partial charge in [-0.25, -0.2) is 0 Å². The summed E-state index contributed by atoms with van der Waals surface area (Å²) < 4.78 is 4.92. The highest BCUT2D eigenvalue weighted by atomic mass is 16.5. The van der Waals surface area contributed by atoms with Crippen LogP contribution in [-0.2, 0) is 4.74 Å². The second kappa shape index (κ2) is 6.05. The highest BCUT2D eigenvalue weighted by Gasteiger charge is 1.92. The molecule has 0 aliphatic heterocycles. The molecule has 0 saturated heterocycles. The summed E-state index contributed by atoms with van der Waals surface area (Å²) in [6, 6.07) is 0. The van der Waals surface area contributed by atoms with E-state index in [9.17, 15) is 0 Å². The van der Waals surface area contributed by atoms with Crippen LogP contribution in [0.3, 0.4) is 0 Å². The largest absolute Gasteiger partial charge is 0.383 e. The van der Waals surface area contributed by atoms with Crippen molar-refractivity contribution >= 4 is 0 Å². The summed E-state index contributed by atoms with van der Waals surface area (Å²) in [5.74, 6) is 0. The number of likely N-dealkylation sites (N-methyl/N-ethyl adjacent to an activating group) is 1. The highest BCUT2D eigenvalue weighted by molar-refractivity contribution is 4.46. The number of hydrogen-bond acceptors (Lipinski definition) is 2. The Bertz CT molecular complexity index is 56.9. The minimum Gasteiger partial charge on any atom is -0.383 e. The second-order valence-electron chi connectivity index (χ2n) is 2.30. The Labute approximate surface area is 57.8 Å². The maximum Gasteiger partial charge on any atom is 0.0589 e. The second-order valence-corrected chi connectivity index (χ2v) is 2.30. The van der Waals surface area contributed by atoms with E-state index in [1.165, 1.54) is 13.0 Å². The van der Waals surface area contributed by atoms with Crippen LogP contribution in [-0.4, -0.2) is 38.8 Å². The first-order valence-electron chi connectivity index (χ1n) is 3.48. The van der Waals surface area contributed by atoms with Crippen LogP contribution in [0.5, 0.6) is 0 Å². The van der Waals surface area contributed by atoms with E-state index < -0.39 is 0 Å². The minimum atomic E-state index is 0.844. The van der Waals surface area contributed by atoms with Crippen molar-refractivity contribution in [2.75, 3.05) is 33.9 Å². The van der Waals surface area contributed by atoms with Crippen LogP contribution in [0.4, 0.5) is 0 Å². The van der Waals surface area contributed by atoms with Gasteiger partial charge >= 0.3 is 0 Å². The average Bonchev–Trinajstić information content (AvgIpc) is 1.85. The summed E-state index contributed by atoms with van der Waals surface area (Å²) in [4.78, 5) is 2.27. The fourth-order valence-electron chi connectivity index (χ4n) is 0.741. The van der Waals surface area contributed by atoms with E-state index in [2.05, 4.69) is 18.9 Å². The van der Waals surface area contributed by atoms with Crippen molar-refractivity contribution in [1.29, 1.82) is 0 Å². The molecule has 0 bridgehead atoms. The molecule has 0 amide bonds. The zero-order chi connectivity index (χ0) is 7.11. The van der Waals surface area contributed by atoms with E-state index in [-0.39, 0.29) is 0 Å². The van der Waals surface area contributed by atoms with E-state index in [4.69, 9.17) is 4.74 Å². The van der Waals surface area contributed by atoms with E-state index in [0.717, 1.165) is 13.2 Å². The first-order valence-corrected chi connectivity index (χ1v) is 3.48. The Balaban J connectivity index is 2.95. The molecule has 0 aromatic carbocycles. The molecule has 0 radical (unpaired) electrons. The van der Waals surface area contributed by atoms with Gasteiger partial charge in [-0.15, -0.1) is 0 Å². The van der Waals surface area contributed by atoms with Crippen molar-refractivity contribution < 1.29 is 4.74 Å². The standard InChI is InChI=1S/C7H17NO/c1-4-5-8(2)6-7-9-3/h4-7H2,1-3H3. The Morgan fingerprint density at radius 1 is 1.33 bits per heavy atom. The summed E-state index contributed by atoms with van der Waals surface area (Å²) in [5, 5.41) is 0. The fraction of sp³-hybridized carbons (Fsp3) is 1.00. The highest BCUT2D eigenvalue weighted by Crippen LogP contribution is 1.84. The smallest absolute Gasteiger partial charge is 0.0589 e. The van der Waals surface area contributed by atoms with Gasteiger partial charge in [-0.1, -0.05) is 6.92 Å². The molecule has 0 spiro atoms. The SMILES string of the molecule is CCCN(C)CCOC. The Kier molecular flexibility index (Phi) is 5.99. The molecule has 0 heterocycles. The molecule has 0 aliphatic rings. The molecule has 0 aliphatic carbocycles. The Morgan fingerprint density at radius 3 is 2.44 bits per heavy atom. The molecule has 0 N–H and O–H groups in total. The van der Waals surface area contributed by atoms with Gasteiger partial charge in [-0.3, -0.25) is 0 Å². The van der Waals surface area contributed by atoms with Crippen LogP contribution in [0.1, 0.15) is 13.3 Å². The molecule has 0 rings (SSSR count). The van der Waals surface area contributed by atoms with Gasteiger partial charge in [0, 0.05) is 13.7 Å². The van der Waals surface area contributed by atoms with E-state index in [1.54, 1.807) is 7.11 Å². The van der Waals surface area contributed by atoms with Crippen LogP contribution in [0.15, 0.2) is 0 Å². The summed E-state index contributed by atoms with van der Waals surface area (Å²) >= 11 is 0. The molecular formula is C7H17NO. The van der Waals surface area contributed by atoms with Gasteiger partial charge in [0.1, 0.15) is 0 Å². The van der Waals surface area contributed by atoms with E-state index >= 15 is 0 Å². The predicted molar refractivity (Wildman–Crippen MR) is 39.7 cm³/mol. The lowest BCUT2D eigenvalue weighted by Crippen LogP contribution is -2.23. The number of methoxy groups -OCH3 is 1. The average molecular weight is 131 g/mol. The molecule has 0 atom stereocenters. The lowest BCUT2D eigenvalue weighted by molar-refractivity contribution is 0.161. The molecule has 2 nitrogen and oxygen atoms in total. The molecule has 0 unspecified atom stereocenters. The zero-order valence-corrected chi connectivity index (χ0v) is 6.68. The lowest BCUT2D eigenvalue weighted by Gasteiger charge is -2.13. The van der Waals surface area contributed by atoms with Crippen LogP contribution in [0, 0.1) is 0 Å². The molecule has 2 heteroatoms. The summed E-state index contributed by atoms with van der Waals surface area (Å²) in [6.07, 6.45) is 1.22. The lowest BCUT2D eigenvalue weighted by atomic mass is 10.4. The summed E-state index contributed by atoms with van der Waals surface area (Å²) in [7, 11) is 3.85. The third kappa shape index (κ3) is 5.80. The van der Waals surface area contributed by atoms with Crippen molar-refractivity contribution in [2.45, 2.75) is 13.3 Å². The molecule has 0 fully saturated rings. The van der Waals surface area contributed by atoms with Crippen molar-refractivity contribution in [3.05, 3.63) is 0 Å². The molecule has 0 aromatic heterocycles. The van der Waals surface area contributed by atoms with Gasteiger partial charge < -0.3 is 9.64 Å². The molecule has 0 saturated carbocycles. The normalized spacial score (nSPS) is 10.7. The van der Waals surface area contributed by atoms with Gasteiger partial charge in [-0.2, -0.15) is 0 Å². The van der Waals surface area contributed by atoms with Gasteiger partial charge in [0.05, 0.1) is 6.61 Å². The van der Waals surface area contributed by atoms with Crippen molar-refractivity contribution in [3.63, 3.8) is 0 Å². The number of nitrogens with zero attached hydrogens (tertiary/aromatic N) is 1. The molecule has 9 heavy (non-hydrogen) atoms. The monoisotopic (exact) mass is 131 g/mol. The Hall–Kier alpha value is -0.0800. The van der Waals surface area contributed by atoms with Crippen molar-refractivity contribution in [2.24, 2.45) is 0 Å². The van der Waals surface area contributed by atoms with Crippen LogP contribution < -0.4 is 0 Å². The van der Waals surface area contributed by atoms with Crippen LogP contribution in [0.25, 0.3) is 0 Å². The van der Waals surface area contributed by atoms with Gasteiger partial charge in [-0.05, 0) is 20.0 Å². The zero-order valence-electron chi connectivity index (χ0n) is 6.68. The first-order chi connectivity index (χ1) is 4.31. The van der Waals surface area contributed by atoms with Gasteiger partial charge in [0.15, 0.2) is 0 Å². The van der Waals surface area contributed by atoms with E-state index in [0.29, 0.717) is 0 Å².